The highest BCUT2D eigenvalue weighted by Gasteiger charge is 2.38. The van der Waals surface area contributed by atoms with E-state index < -0.39 is 12.0 Å². The van der Waals surface area contributed by atoms with Crippen LogP contribution in [-0.4, -0.2) is 85.2 Å². The van der Waals surface area contributed by atoms with Gasteiger partial charge in [-0.15, -0.1) is 6.58 Å². The maximum Gasteiger partial charge on any atom is 0.338 e. The van der Waals surface area contributed by atoms with E-state index in [4.69, 9.17) is 9.47 Å². The van der Waals surface area contributed by atoms with Gasteiger partial charge in [-0.2, -0.15) is 0 Å². The van der Waals surface area contributed by atoms with E-state index in [9.17, 15) is 14.4 Å². The SMILES string of the molecule is C=CCN1C(=O)N[C@@H](c2cccc(Oc3ccccc3)c2)C(C(=O)OCC)=C1CN1CCCN(C(=O)NCC)CC1. The molecule has 41 heavy (non-hydrogen) atoms. The minimum absolute atomic E-state index is 0.0798. The zero-order valence-corrected chi connectivity index (χ0v) is 23.8. The molecule has 4 amide bonds. The van der Waals surface area contributed by atoms with Gasteiger partial charge in [0.05, 0.1) is 18.2 Å². The maximum atomic E-state index is 13.6. The number of hydrogen-bond acceptors (Lipinski definition) is 6. The molecular formula is C31H39N5O5. The molecule has 2 heterocycles. The van der Waals surface area contributed by atoms with E-state index >= 15 is 0 Å². The second-order valence-corrected chi connectivity index (χ2v) is 9.80. The predicted molar refractivity (Wildman–Crippen MR) is 156 cm³/mol. The van der Waals surface area contributed by atoms with Crippen molar-refractivity contribution in [2.45, 2.75) is 26.3 Å². The van der Waals surface area contributed by atoms with Crippen molar-refractivity contribution in [1.82, 2.24) is 25.3 Å². The summed E-state index contributed by atoms with van der Waals surface area (Å²) >= 11 is 0. The molecule has 4 rings (SSSR count). The molecule has 0 spiro atoms. The van der Waals surface area contributed by atoms with Gasteiger partial charge >= 0.3 is 18.0 Å². The van der Waals surface area contributed by atoms with Gasteiger partial charge < -0.3 is 25.0 Å². The van der Waals surface area contributed by atoms with E-state index in [0.29, 0.717) is 67.6 Å². The van der Waals surface area contributed by atoms with Crippen LogP contribution >= 0.6 is 0 Å². The summed E-state index contributed by atoms with van der Waals surface area (Å²) in [4.78, 5) is 45.0. The Labute approximate surface area is 241 Å². The van der Waals surface area contributed by atoms with Crippen molar-refractivity contribution in [2.24, 2.45) is 0 Å². The summed E-state index contributed by atoms with van der Waals surface area (Å²) in [6.07, 6.45) is 2.41. The normalized spacial score (nSPS) is 17.9. The average molecular weight is 562 g/mol. The lowest BCUT2D eigenvalue weighted by molar-refractivity contribution is -0.139. The Morgan fingerprint density at radius 3 is 2.56 bits per heavy atom. The molecule has 2 aromatic carbocycles. The molecule has 2 N–H and O–H groups in total. The first-order valence-corrected chi connectivity index (χ1v) is 14.1. The van der Waals surface area contributed by atoms with Crippen LogP contribution in [0.4, 0.5) is 9.59 Å². The molecular weight excluding hydrogens is 522 g/mol. The first-order chi connectivity index (χ1) is 19.9. The number of nitrogens with one attached hydrogen (secondary N) is 2. The third-order valence-corrected chi connectivity index (χ3v) is 6.99. The third kappa shape index (κ3) is 7.46. The van der Waals surface area contributed by atoms with Crippen molar-refractivity contribution in [3.05, 3.63) is 84.1 Å². The Hall–Kier alpha value is -4.31. The van der Waals surface area contributed by atoms with Crippen LogP contribution in [0.25, 0.3) is 0 Å². The van der Waals surface area contributed by atoms with Gasteiger partial charge in [0.15, 0.2) is 0 Å². The number of amides is 4. The number of carbonyl (C=O) groups is 3. The number of esters is 1. The zero-order valence-electron chi connectivity index (χ0n) is 23.8. The van der Waals surface area contributed by atoms with E-state index in [2.05, 4.69) is 22.1 Å². The summed E-state index contributed by atoms with van der Waals surface area (Å²) in [7, 11) is 0. The average Bonchev–Trinajstić information content (AvgIpc) is 3.21. The van der Waals surface area contributed by atoms with Gasteiger partial charge in [0, 0.05) is 51.5 Å². The summed E-state index contributed by atoms with van der Waals surface area (Å²) in [5, 5.41) is 5.87. The molecule has 2 aliphatic rings. The first kappa shape index (κ1) is 29.7. The Balaban J connectivity index is 1.69. The van der Waals surface area contributed by atoms with E-state index in [1.807, 2.05) is 61.5 Å². The monoisotopic (exact) mass is 561 g/mol. The van der Waals surface area contributed by atoms with Crippen molar-refractivity contribution in [1.29, 1.82) is 0 Å². The van der Waals surface area contributed by atoms with Gasteiger partial charge in [0.1, 0.15) is 11.5 Å². The summed E-state index contributed by atoms with van der Waals surface area (Å²) in [6.45, 7) is 11.3. The second-order valence-electron chi connectivity index (χ2n) is 9.80. The molecule has 10 nitrogen and oxygen atoms in total. The van der Waals surface area contributed by atoms with E-state index in [1.165, 1.54) is 0 Å². The van der Waals surface area contributed by atoms with Crippen LogP contribution in [0.5, 0.6) is 11.5 Å². The highest BCUT2D eigenvalue weighted by Crippen LogP contribution is 2.34. The van der Waals surface area contributed by atoms with Crippen molar-refractivity contribution in [2.75, 3.05) is 52.4 Å². The van der Waals surface area contributed by atoms with Crippen molar-refractivity contribution in [3.63, 3.8) is 0 Å². The molecule has 1 fully saturated rings. The number of benzene rings is 2. The molecule has 0 unspecified atom stereocenters. The standard InChI is InChI=1S/C31H39N5O5/c1-4-16-36-26(22-34-17-11-18-35(20-19-34)30(38)32-5-2)27(29(37)40-6-3)28(33-31(36)39)23-12-10-15-25(21-23)41-24-13-8-7-9-14-24/h4,7-10,12-15,21,28H,1,5-6,11,16-20,22H2,2-3H3,(H,32,38)(H,33,39)/t28-/m0/s1. The lowest BCUT2D eigenvalue weighted by Crippen LogP contribution is -2.51. The second kappa shape index (κ2) is 14.4. The molecule has 0 aromatic heterocycles. The van der Waals surface area contributed by atoms with Crippen molar-refractivity contribution in [3.8, 4) is 11.5 Å². The van der Waals surface area contributed by atoms with Gasteiger partial charge in [-0.1, -0.05) is 36.4 Å². The number of rotatable bonds is 10. The number of ether oxygens (including phenoxy) is 2. The minimum Gasteiger partial charge on any atom is -0.463 e. The summed E-state index contributed by atoms with van der Waals surface area (Å²) in [5.41, 5.74) is 1.64. The Morgan fingerprint density at radius 1 is 1.05 bits per heavy atom. The Kier molecular flexibility index (Phi) is 10.4. The summed E-state index contributed by atoms with van der Waals surface area (Å²) in [6, 6.07) is 15.6. The molecule has 1 saturated heterocycles. The van der Waals surface area contributed by atoms with Gasteiger partial charge in [-0.25, -0.2) is 14.4 Å². The summed E-state index contributed by atoms with van der Waals surface area (Å²) < 4.78 is 11.6. The fourth-order valence-corrected chi connectivity index (χ4v) is 5.08. The van der Waals surface area contributed by atoms with Crippen LogP contribution in [0.15, 0.2) is 78.5 Å². The number of para-hydroxylation sites is 1. The van der Waals surface area contributed by atoms with Gasteiger partial charge in [-0.05, 0) is 50.1 Å². The molecule has 2 aliphatic heterocycles. The zero-order chi connectivity index (χ0) is 29.2. The van der Waals surface area contributed by atoms with E-state index in [-0.39, 0.29) is 25.2 Å². The number of hydrogen-bond donors (Lipinski definition) is 2. The Morgan fingerprint density at radius 2 is 1.83 bits per heavy atom. The molecule has 2 aromatic rings. The van der Waals surface area contributed by atoms with Crippen LogP contribution in [0, 0.1) is 0 Å². The van der Waals surface area contributed by atoms with Crippen molar-refractivity contribution >= 4 is 18.0 Å². The molecule has 1 atom stereocenters. The number of urea groups is 2. The molecule has 218 valence electrons. The van der Waals surface area contributed by atoms with E-state index in [1.54, 1.807) is 22.8 Å². The van der Waals surface area contributed by atoms with Gasteiger partial charge in [0.2, 0.25) is 0 Å². The van der Waals surface area contributed by atoms with Gasteiger partial charge in [0.25, 0.3) is 0 Å². The lowest BCUT2D eigenvalue weighted by atomic mass is 9.94. The molecule has 0 bridgehead atoms. The van der Waals surface area contributed by atoms with Crippen LogP contribution in [0.3, 0.4) is 0 Å². The number of carbonyl (C=O) groups excluding carboxylic acids is 3. The fraction of sp³-hybridized carbons (Fsp3) is 0.387. The summed E-state index contributed by atoms with van der Waals surface area (Å²) in [5.74, 6) is 0.771. The topological polar surface area (TPSA) is 103 Å². The lowest BCUT2D eigenvalue weighted by Gasteiger charge is -2.38. The quantitative estimate of drug-likeness (QED) is 0.332. The molecule has 10 heteroatoms. The van der Waals surface area contributed by atoms with E-state index in [0.717, 1.165) is 6.42 Å². The molecule has 0 radical (unpaired) electrons. The smallest absolute Gasteiger partial charge is 0.338 e. The molecule has 0 saturated carbocycles. The minimum atomic E-state index is -0.740. The van der Waals surface area contributed by atoms with Crippen LogP contribution in [0.1, 0.15) is 31.9 Å². The largest absolute Gasteiger partial charge is 0.463 e. The van der Waals surface area contributed by atoms with Gasteiger partial charge in [-0.3, -0.25) is 9.80 Å². The maximum absolute atomic E-state index is 13.6. The first-order valence-electron chi connectivity index (χ1n) is 14.1. The van der Waals surface area contributed by atoms with Crippen LogP contribution < -0.4 is 15.4 Å². The number of nitrogens with zero attached hydrogens (tertiary/aromatic N) is 3. The molecule has 0 aliphatic carbocycles. The fourth-order valence-electron chi connectivity index (χ4n) is 5.08. The highest BCUT2D eigenvalue weighted by atomic mass is 16.5. The third-order valence-electron chi connectivity index (χ3n) is 6.99. The Bertz CT molecular complexity index is 1260. The van der Waals surface area contributed by atoms with Crippen LogP contribution in [-0.2, 0) is 9.53 Å². The predicted octanol–water partition coefficient (Wildman–Crippen LogP) is 4.29. The van der Waals surface area contributed by atoms with Crippen molar-refractivity contribution < 1.29 is 23.9 Å². The highest BCUT2D eigenvalue weighted by molar-refractivity contribution is 5.95. The van der Waals surface area contributed by atoms with Crippen LogP contribution in [0.2, 0.25) is 0 Å².